The lowest BCUT2D eigenvalue weighted by atomic mass is 10.1. The van der Waals surface area contributed by atoms with Crippen molar-refractivity contribution >= 4 is 44.1 Å². The zero-order chi connectivity index (χ0) is 20.8. The average molecular weight is 421 g/mol. The van der Waals surface area contributed by atoms with Gasteiger partial charge in [0, 0.05) is 17.7 Å². The lowest BCUT2D eigenvalue weighted by Gasteiger charge is -2.26. The highest BCUT2D eigenvalue weighted by Crippen LogP contribution is 2.40. The Morgan fingerprint density at radius 2 is 1.90 bits per heavy atom. The van der Waals surface area contributed by atoms with E-state index in [1.807, 2.05) is 0 Å². The second-order valence-corrected chi connectivity index (χ2v) is 7.07. The normalized spacial score (nSPS) is 19.1. The lowest BCUT2D eigenvalue weighted by molar-refractivity contribution is -0.384. The summed E-state index contributed by atoms with van der Waals surface area (Å²) < 4.78 is 42.1. The van der Waals surface area contributed by atoms with E-state index in [-0.39, 0.29) is 22.2 Å². The third-order valence-corrected chi connectivity index (χ3v) is 5.10. The third-order valence-electron chi connectivity index (χ3n) is 4.17. The molecule has 2 aromatic carbocycles. The topological polar surface area (TPSA) is 110 Å². The summed E-state index contributed by atoms with van der Waals surface area (Å²) in [5.74, 6) is -1.62. The molecule has 3 aromatic rings. The number of benzene rings is 2. The number of alkyl halides is 3. The molecule has 0 spiro atoms. The number of aliphatic imine (C=N–C) groups is 1. The predicted octanol–water partition coefficient (Wildman–Crippen LogP) is 3.45. The molecule has 0 radical (unpaired) electrons. The number of hydrogen-bond donors (Lipinski definition) is 2. The number of aromatic nitrogens is 1. The molecule has 1 aliphatic heterocycles. The fourth-order valence-electron chi connectivity index (χ4n) is 2.76. The van der Waals surface area contributed by atoms with Crippen LogP contribution < -0.4 is 10.6 Å². The van der Waals surface area contributed by atoms with E-state index in [9.17, 15) is 28.1 Å². The Bertz CT molecular complexity index is 1160. The molecular weight excluding hydrogens is 411 g/mol. The minimum atomic E-state index is -5.07. The molecule has 0 unspecified atom stereocenters. The van der Waals surface area contributed by atoms with Crippen molar-refractivity contribution in [3.8, 4) is 0 Å². The van der Waals surface area contributed by atoms with Crippen molar-refractivity contribution in [2.24, 2.45) is 4.99 Å². The summed E-state index contributed by atoms with van der Waals surface area (Å²) in [6.45, 7) is 0. The maximum absolute atomic E-state index is 13.9. The number of fused-ring (bicyclic) bond motifs is 1. The molecule has 0 saturated carbocycles. The number of amides is 1. The molecule has 1 aromatic heterocycles. The zero-order valence-corrected chi connectivity index (χ0v) is 15.0. The number of anilines is 1. The molecule has 2 heterocycles. The number of nitrogens with zero attached hydrogens (tertiary/aromatic N) is 3. The molecule has 1 aliphatic rings. The van der Waals surface area contributed by atoms with E-state index in [1.165, 1.54) is 30.3 Å². The average Bonchev–Trinajstić information content (AvgIpc) is 3.22. The monoisotopic (exact) mass is 421 g/mol. The van der Waals surface area contributed by atoms with Gasteiger partial charge >= 0.3 is 11.8 Å². The Kier molecular flexibility index (Phi) is 4.22. The molecule has 148 valence electrons. The zero-order valence-electron chi connectivity index (χ0n) is 14.2. The van der Waals surface area contributed by atoms with Crippen molar-refractivity contribution in [3.05, 3.63) is 64.2 Å². The smallest absolute Gasteiger partial charge is 0.322 e. The van der Waals surface area contributed by atoms with E-state index in [0.717, 1.165) is 11.3 Å². The van der Waals surface area contributed by atoms with Crippen molar-refractivity contribution in [1.82, 2.24) is 10.3 Å². The highest BCUT2D eigenvalue weighted by molar-refractivity contribution is 7.22. The van der Waals surface area contributed by atoms with Crippen molar-refractivity contribution in [3.63, 3.8) is 0 Å². The van der Waals surface area contributed by atoms with Crippen LogP contribution in [-0.2, 0) is 4.79 Å². The second kappa shape index (κ2) is 6.51. The number of nitro benzene ring substituents is 1. The number of nitro groups is 1. The second-order valence-electron chi connectivity index (χ2n) is 6.04. The summed E-state index contributed by atoms with van der Waals surface area (Å²) in [5, 5.41) is 14.9. The fraction of sp³-hybridized carbons (Fsp3) is 0.118. The number of amidine groups is 1. The van der Waals surface area contributed by atoms with Crippen LogP contribution in [-0.4, -0.2) is 33.5 Å². The van der Waals surface area contributed by atoms with Crippen LogP contribution in [0.4, 0.5) is 24.0 Å². The molecule has 8 nitrogen and oxygen atoms in total. The summed E-state index contributed by atoms with van der Waals surface area (Å²) in [6.07, 6.45) is -5.07. The van der Waals surface area contributed by atoms with Crippen LogP contribution in [0.1, 0.15) is 5.56 Å². The summed E-state index contributed by atoms with van der Waals surface area (Å²) >= 11 is 0.753. The van der Waals surface area contributed by atoms with Gasteiger partial charge in [-0.1, -0.05) is 41.7 Å². The molecule has 0 saturated heterocycles. The quantitative estimate of drug-likeness (QED) is 0.495. The Balaban J connectivity index is 1.77. The van der Waals surface area contributed by atoms with E-state index in [4.69, 9.17) is 0 Å². The van der Waals surface area contributed by atoms with Crippen molar-refractivity contribution < 1.29 is 22.9 Å². The first-order valence-electron chi connectivity index (χ1n) is 8.06. The third kappa shape index (κ3) is 3.16. The lowest BCUT2D eigenvalue weighted by Crippen LogP contribution is -2.57. The summed E-state index contributed by atoms with van der Waals surface area (Å²) in [4.78, 5) is 30.3. The predicted molar refractivity (Wildman–Crippen MR) is 99.8 cm³/mol. The number of nitrogens with one attached hydrogen (secondary N) is 2. The number of carbonyl (C=O) groups is 1. The van der Waals surface area contributed by atoms with Crippen LogP contribution in [0.2, 0.25) is 0 Å². The number of hydrogen-bond acceptors (Lipinski definition) is 7. The van der Waals surface area contributed by atoms with Gasteiger partial charge in [-0.15, -0.1) is 0 Å². The molecule has 4 rings (SSSR count). The highest BCUT2D eigenvalue weighted by Gasteiger charge is 2.64. The largest absolute Gasteiger partial charge is 0.442 e. The number of rotatable bonds is 4. The molecule has 2 N–H and O–H groups in total. The maximum Gasteiger partial charge on any atom is 0.442 e. The molecule has 0 fully saturated rings. The first-order chi connectivity index (χ1) is 13.7. The van der Waals surface area contributed by atoms with Crippen LogP contribution in [0.5, 0.6) is 0 Å². The van der Waals surface area contributed by atoms with E-state index in [0.29, 0.717) is 10.3 Å². The maximum atomic E-state index is 13.9. The van der Waals surface area contributed by atoms with Gasteiger partial charge < -0.3 is 10.6 Å². The van der Waals surface area contributed by atoms with Gasteiger partial charge in [0.25, 0.3) is 11.6 Å². The minimum absolute atomic E-state index is 0.221. The molecule has 0 aliphatic carbocycles. The number of carbonyl (C=O) groups excluding carboxylic acids is 1. The van der Waals surface area contributed by atoms with Gasteiger partial charge in [0.05, 0.1) is 15.1 Å². The van der Waals surface area contributed by atoms with Crippen LogP contribution >= 0.6 is 11.3 Å². The van der Waals surface area contributed by atoms with E-state index in [2.05, 4.69) is 20.6 Å². The first kappa shape index (κ1) is 18.8. The highest BCUT2D eigenvalue weighted by atomic mass is 32.1. The van der Waals surface area contributed by atoms with Crippen molar-refractivity contribution in [2.75, 3.05) is 5.32 Å². The molecule has 1 amide bonds. The van der Waals surface area contributed by atoms with E-state index >= 15 is 0 Å². The number of halogens is 3. The van der Waals surface area contributed by atoms with Gasteiger partial charge in [0.1, 0.15) is 5.84 Å². The minimum Gasteiger partial charge on any atom is -0.322 e. The molecule has 12 heteroatoms. The van der Waals surface area contributed by atoms with Gasteiger partial charge in [-0.25, -0.2) is 9.98 Å². The van der Waals surface area contributed by atoms with Gasteiger partial charge in [-0.05, 0) is 6.07 Å². The van der Waals surface area contributed by atoms with E-state index in [1.54, 1.807) is 18.2 Å². The van der Waals surface area contributed by atoms with Gasteiger partial charge in [-0.2, -0.15) is 13.2 Å². The summed E-state index contributed by atoms with van der Waals surface area (Å²) in [7, 11) is 0. The first-order valence-corrected chi connectivity index (χ1v) is 8.88. The van der Waals surface area contributed by atoms with E-state index < -0.39 is 22.7 Å². The SMILES string of the molecule is O=C1NC(c2ccccc2)=N[C@@]1(Nc1nc2ccc([N+](=O)[O-])cc2s1)C(F)(F)F. The Labute approximate surface area is 164 Å². The van der Waals surface area contributed by atoms with Crippen molar-refractivity contribution in [2.45, 2.75) is 11.8 Å². The van der Waals surface area contributed by atoms with Gasteiger partial charge in [-0.3, -0.25) is 14.9 Å². The number of thiazole rings is 1. The molecular formula is C17H10F3N5O3S. The summed E-state index contributed by atoms with van der Waals surface area (Å²) in [5.41, 5.74) is -2.92. The molecule has 29 heavy (non-hydrogen) atoms. The van der Waals surface area contributed by atoms with Crippen LogP contribution in [0.3, 0.4) is 0 Å². The standard InChI is InChI=1S/C17H10F3N5O3S/c18-17(19,20)16(14(26)22-13(23-16)9-4-2-1-3-5-9)24-15-21-11-7-6-10(25(27)28)8-12(11)29-15/h1-8H,(H,21,24)(H,22,23,26)/t16-/m0/s1. The Morgan fingerprint density at radius 1 is 1.17 bits per heavy atom. The Morgan fingerprint density at radius 3 is 2.55 bits per heavy atom. The molecule has 1 atom stereocenters. The van der Waals surface area contributed by atoms with Crippen molar-refractivity contribution in [1.29, 1.82) is 0 Å². The number of non-ortho nitro benzene ring substituents is 1. The fourth-order valence-corrected chi connectivity index (χ4v) is 3.71. The molecule has 0 bridgehead atoms. The van der Waals surface area contributed by atoms with Crippen LogP contribution in [0, 0.1) is 10.1 Å². The summed E-state index contributed by atoms with van der Waals surface area (Å²) in [6, 6.07) is 11.6. The van der Waals surface area contributed by atoms with Gasteiger partial charge in [0.15, 0.2) is 5.13 Å². The van der Waals surface area contributed by atoms with Crippen LogP contribution in [0.25, 0.3) is 10.2 Å². The Hall–Kier alpha value is -3.54. The van der Waals surface area contributed by atoms with Crippen LogP contribution in [0.15, 0.2) is 53.5 Å². The van der Waals surface area contributed by atoms with Gasteiger partial charge in [0.2, 0.25) is 0 Å².